The Bertz CT molecular complexity index is 525. The monoisotopic (exact) mass is 254 g/mol. The number of hydrogen-bond acceptors (Lipinski definition) is 4. The van der Waals surface area contributed by atoms with E-state index >= 15 is 0 Å². The van der Waals surface area contributed by atoms with Gasteiger partial charge < -0.3 is 11.1 Å². The molecule has 1 aromatic rings. The smallest absolute Gasteiger partial charge is 0.175 e. The first-order valence-corrected chi connectivity index (χ1v) is 7.60. The summed E-state index contributed by atoms with van der Waals surface area (Å²) >= 11 is 0. The van der Waals surface area contributed by atoms with Crippen molar-refractivity contribution < 1.29 is 8.42 Å². The van der Waals surface area contributed by atoms with Gasteiger partial charge in [-0.15, -0.1) is 0 Å². The average Bonchev–Trinajstić information content (AvgIpc) is 2.91. The zero-order valence-corrected chi connectivity index (χ0v) is 10.9. The van der Waals surface area contributed by atoms with Crippen LogP contribution in [-0.4, -0.2) is 21.2 Å². The van der Waals surface area contributed by atoms with Crippen molar-refractivity contribution in [2.75, 3.05) is 23.9 Å². The van der Waals surface area contributed by atoms with Gasteiger partial charge in [-0.2, -0.15) is 0 Å². The summed E-state index contributed by atoms with van der Waals surface area (Å²) in [6, 6.07) is 4.83. The van der Waals surface area contributed by atoms with Gasteiger partial charge in [-0.25, -0.2) is 8.42 Å². The zero-order chi connectivity index (χ0) is 12.6. The summed E-state index contributed by atoms with van der Waals surface area (Å²) in [6.45, 7) is 3.13. The number of nitrogens with one attached hydrogen (secondary N) is 1. The number of nitrogens with two attached hydrogens (primary N) is 1. The summed E-state index contributed by atoms with van der Waals surface area (Å²) < 4.78 is 22.7. The van der Waals surface area contributed by atoms with Crippen LogP contribution in [0.2, 0.25) is 0 Å². The van der Waals surface area contributed by atoms with Crippen LogP contribution in [0.5, 0.6) is 0 Å². The summed E-state index contributed by atoms with van der Waals surface area (Å²) in [6.07, 6.45) is 2.44. The standard InChI is InChI=1S/C12H18N2O2S/c1-8-5-9(8)7-14-12-4-3-10(6-11(12)13)17(2,15)16/h3-4,6,8-9,14H,5,7,13H2,1-2H3. The van der Waals surface area contributed by atoms with E-state index in [0.29, 0.717) is 5.69 Å². The van der Waals surface area contributed by atoms with E-state index in [1.54, 1.807) is 12.1 Å². The van der Waals surface area contributed by atoms with Crippen molar-refractivity contribution in [3.8, 4) is 0 Å². The molecule has 0 radical (unpaired) electrons. The molecule has 0 aliphatic heterocycles. The van der Waals surface area contributed by atoms with E-state index in [0.717, 1.165) is 24.1 Å². The van der Waals surface area contributed by atoms with E-state index in [1.165, 1.54) is 18.7 Å². The van der Waals surface area contributed by atoms with Gasteiger partial charge >= 0.3 is 0 Å². The highest BCUT2D eigenvalue weighted by atomic mass is 32.2. The van der Waals surface area contributed by atoms with Crippen LogP contribution < -0.4 is 11.1 Å². The van der Waals surface area contributed by atoms with Gasteiger partial charge in [0.15, 0.2) is 9.84 Å². The third-order valence-corrected chi connectivity index (χ3v) is 4.39. The minimum absolute atomic E-state index is 0.264. The highest BCUT2D eigenvalue weighted by Gasteiger charge is 2.31. The van der Waals surface area contributed by atoms with E-state index in [1.807, 2.05) is 0 Å². The fourth-order valence-corrected chi connectivity index (χ4v) is 2.51. The van der Waals surface area contributed by atoms with Crippen molar-refractivity contribution in [2.45, 2.75) is 18.2 Å². The molecule has 1 aliphatic rings. The molecule has 0 spiro atoms. The molecular weight excluding hydrogens is 236 g/mol. The highest BCUT2D eigenvalue weighted by Crippen LogP contribution is 2.38. The first-order chi connectivity index (χ1) is 7.88. The Kier molecular flexibility index (Phi) is 3.03. The van der Waals surface area contributed by atoms with Gasteiger partial charge in [0.2, 0.25) is 0 Å². The minimum atomic E-state index is -3.18. The normalized spacial score (nSPS) is 23.4. The largest absolute Gasteiger partial charge is 0.397 e. The third-order valence-electron chi connectivity index (χ3n) is 3.28. The molecule has 94 valence electrons. The lowest BCUT2D eigenvalue weighted by Gasteiger charge is -2.10. The Morgan fingerprint density at radius 2 is 2.12 bits per heavy atom. The van der Waals surface area contributed by atoms with E-state index in [-0.39, 0.29) is 4.90 Å². The van der Waals surface area contributed by atoms with E-state index in [4.69, 9.17) is 5.73 Å². The molecule has 0 bridgehead atoms. The Hall–Kier alpha value is -1.23. The highest BCUT2D eigenvalue weighted by molar-refractivity contribution is 7.90. The minimum Gasteiger partial charge on any atom is -0.397 e. The third kappa shape index (κ3) is 2.91. The van der Waals surface area contributed by atoms with Crippen molar-refractivity contribution in [1.82, 2.24) is 0 Å². The van der Waals surface area contributed by atoms with E-state index < -0.39 is 9.84 Å². The number of nitrogen functional groups attached to an aromatic ring is 1. The molecule has 2 atom stereocenters. The second-order valence-corrected chi connectivity index (χ2v) is 6.89. The van der Waals surface area contributed by atoms with E-state index in [2.05, 4.69) is 12.2 Å². The SMILES string of the molecule is CC1CC1CNc1ccc(S(C)(=O)=O)cc1N. The first kappa shape index (κ1) is 12.2. The lowest BCUT2D eigenvalue weighted by Crippen LogP contribution is -2.07. The molecule has 1 aliphatic carbocycles. The van der Waals surface area contributed by atoms with Gasteiger partial charge in [0.1, 0.15) is 0 Å². The van der Waals surface area contributed by atoms with Gasteiger partial charge in [-0.3, -0.25) is 0 Å². The second kappa shape index (κ2) is 4.22. The Morgan fingerprint density at radius 3 is 2.59 bits per heavy atom. The Balaban J connectivity index is 2.09. The maximum atomic E-state index is 11.3. The number of benzene rings is 1. The molecule has 4 nitrogen and oxygen atoms in total. The molecule has 0 aromatic heterocycles. The number of sulfone groups is 1. The van der Waals surface area contributed by atoms with Crippen LogP contribution in [0.15, 0.2) is 23.1 Å². The number of hydrogen-bond donors (Lipinski definition) is 2. The summed E-state index contributed by atoms with van der Waals surface area (Å²) in [5.41, 5.74) is 7.14. The molecule has 1 saturated carbocycles. The molecule has 5 heteroatoms. The van der Waals surface area contributed by atoms with Crippen LogP contribution in [0.4, 0.5) is 11.4 Å². The number of rotatable bonds is 4. The summed E-state index contributed by atoms with van der Waals surface area (Å²) in [7, 11) is -3.18. The van der Waals surface area contributed by atoms with Gasteiger partial charge in [0, 0.05) is 12.8 Å². The lowest BCUT2D eigenvalue weighted by atomic mass is 10.2. The van der Waals surface area contributed by atoms with Crippen molar-refractivity contribution in [3.05, 3.63) is 18.2 Å². The second-order valence-electron chi connectivity index (χ2n) is 4.88. The molecule has 0 amide bonds. The van der Waals surface area contributed by atoms with Crippen LogP contribution in [0, 0.1) is 11.8 Å². The van der Waals surface area contributed by atoms with Gasteiger partial charge in [0.25, 0.3) is 0 Å². The van der Waals surface area contributed by atoms with Gasteiger partial charge in [-0.1, -0.05) is 6.92 Å². The molecule has 3 N–H and O–H groups in total. The topological polar surface area (TPSA) is 72.2 Å². The van der Waals surface area contributed by atoms with Crippen molar-refractivity contribution in [2.24, 2.45) is 11.8 Å². The fraction of sp³-hybridized carbons (Fsp3) is 0.500. The van der Waals surface area contributed by atoms with Crippen LogP contribution in [0.3, 0.4) is 0 Å². The number of anilines is 2. The van der Waals surface area contributed by atoms with Crippen molar-refractivity contribution in [3.63, 3.8) is 0 Å². The van der Waals surface area contributed by atoms with Gasteiger partial charge in [0.05, 0.1) is 16.3 Å². The molecule has 0 heterocycles. The molecule has 1 fully saturated rings. The summed E-state index contributed by atoms with van der Waals surface area (Å²) in [5.74, 6) is 1.52. The van der Waals surface area contributed by atoms with Crippen molar-refractivity contribution in [1.29, 1.82) is 0 Å². The maximum absolute atomic E-state index is 11.3. The molecule has 17 heavy (non-hydrogen) atoms. The van der Waals surface area contributed by atoms with Crippen LogP contribution in [0.25, 0.3) is 0 Å². The maximum Gasteiger partial charge on any atom is 0.175 e. The Labute approximate surface area is 102 Å². The molecular formula is C12H18N2O2S. The van der Waals surface area contributed by atoms with Crippen LogP contribution >= 0.6 is 0 Å². The molecule has 0 saturated heterocycles. The quantitative estimate of drug-likeness (QED) is 0.803. The summed E-state index contributed by atoms with van der Waals surface area (Å²) in [4.78, 5) is 0.264. The lowest BCUT2D eigenvalue weighted by molar-refractivity contribution is 0.602. The fourth-order valence-electron chi connectivity index (χ4n) is 1.86. The van der Waals surface area contributed by atoms with Crippen molar-refractivity contribution >= 4 is 21.2 Å². The molecule has 1 aromatic carbocycles. The van der Waals surface area contributed by atoms with Crippen LogP contribution in [0.1, 0.15) is 13.3 Å². The molecule has 2 unspecified atom stereocenters. The predicted molar refractivity (Wildman–Crippen MR) is 69.7 cm³/mol. The Morgan fingerprint density at radius 1 is 1.47 bits per heavy atom. The van der Waals surface area contributed by atoms with Gasteiger partial charge in [-0.05, 0) is 36.5 Å². The zero-order valence-electron chi connectivity index (χ0n) is 10.1. The summed E-state index contributed by atoms with van der Waals surface area (Å²) in [5, 5.41) is 3.26. The first-order valence-electron chi connectivity index (χ1n) is 5.71. The van der Waals surface area contributed by atoms with Crippen LogP contribution in [-0.2, 0) is 9.84 Å². The predicted octanol–water partition coefficient (Wildman–Crippen LogP) is 1.74. The molecule has 2 rings (SSSR count). The average molecular weight is 254 g/mol. The van der Waals surface area contributed by atoms with E-state index in [9.17, 15) is 8.42 Å².